The van der Waals surface area contributed by atoms with Gasteiger partial charge in [0.1, 0.15) is 16.8 Å². The topological polar surface area (TPSA) is 75.0 Å². The molecule has 1 atom stereocenters. The molecule has 0 aliphatic carbocycles. The van der Waals surface area contributed by atoms with Crippen molar-refractivity contribution in [2.24, 2.45) is 0 Å². The summed E-state index contributed by atoms with van der Waals surface area (Å²) in [5, 5.41) is 13.1. The highest BCUT2D eigenvalue weighted by molar-refractivity contribution is 8.00. The first-order valence-electron chi connectivity index (χ1n) is 11.4. The van der Waals surface area contributed by atoms with Gasteiger partial charge < -0.3 is 10.1 Å². The number of aromatic nitrogens is 1. The molecule has 4 aromatic rings. The Bertz CT molecular complexity index is 1330. The number of ether oxygens (including phenoxy) is 1. The van der Waals surface area contributed by atoms with Crippen LogP contribution in [0.3, 0.4) is 0 Å². The quantitative estimate of drug-likeness (QED) is 0.281. The molecule has 0 aliphatic heterocycles. The standard InChI is InChI=1S/C29H25N3O2S/c1-3-34-24-16-14-22(15-17-24)27-18-25(21-10-6-4-7-11-21)26(19-30)29(32-27)35-20(2)28(33)31-23-12-8-5-9-13-23/h4-18,20H,3H2,1-2H3,(H,31,33)/t20-/m0/s1. The summed E-state index contributed by atoms with van der Waals surface area (Å²) in [6, 6.07) is 31.1. The van der Waals surface area contributed by atoms with Gasteiger partial charge in [0, 0.05) is 16.8 Å². The minimum Gasteiger partial charge on any atom is -0.494 e. The van der Waals surface area contributed by atoms with Crippen molar-refractivity contribution in [1.82, 2.24) is 4.98 Å². The number of rotatable bonds is 8. The van der Waals surface area contributed by atoms with Crippen molar-refractivity contribution in [1.29, 1.82) is 5.26 Å². The molecule has 0 saturated carbocycles. The first-order valence-corrected chi connectivity index (χ1v) is 12.2. The van der Waals surface area contributed by atoms with Gasteiger partial charge in [-0.1, -0.05) is 60.3 Å². The smallest absolute Gasteiger partial charge is 0.237 e. The normalized spacial score (nSPS) is 11.3. The van der Waals surface area contributed by atoms with E-state index in [0.29, 0.717) is 17.2 Å². The van der Waals surface area contributed by atoms with Crippen molar-refractivity contribution >= 4 is 23.4 Å². The predicted octanol–water partition coefficient (Wildman–Crippen LogP) is 6.81. The molecule has 3 aromatic carbocycles. The summed E-state index contributed by atoms with van der Waals surface area (Å²) in [6.07, 6.45) is 0. The maximum Gasteiger partial charge on any atom is 0.237 e. The van der Waals surface area contributed by atoms with Crippen LogP contribution in [-0.4, -0.2) is 22.7 Å². The fourth-order valence-electron chi connectivity index (χ4n) is 3.58. The highest BCUT2D eigenvalue weighted by Gasteiger charge is 2.21. The van der Waals surface area contributed by atoms with Crippen molar-refractivity contribution in [2.45, 2.75) is 24.1 Å². The summed E-state index contributed by atoms with van der Waals surface area (Å²) < 4.78 is 5.57. The SMILES string of the molecule is CCOc1ccc(-c2cc(-c3ccccc3)c(C#N)c(S[C@@H](C)C(=O)Nc3ccccc3)n2)cc1. The van der Waals surface area contributed by atoms with Gasteiger partial charge in [-0.05, 0) is 61.9 Å². The molecule has 0 fully saturated rings. The van der Waals surface area contributed by atoms with Crippen LogP contribution in [0, 0.1) is 11.3 Å². The second-order valence-electron chi connectivity index (χ2n) is 7.79. The van der Waals surface area contributed by atoms with Gasteiger partial charge in [0.05, 0.1) is 23.1 Å². The van der Waals surface area contributed by atoms with E-state index in [1.54, 1.807) is 0 Å². The van der Waals surface area contributed by atoms with E-state index in [1.165, 1.54) is 11.8 Å². The Balaban J connectivity index is 1.72. The maximum absolute atomic E-state index is 12.9. The van der Waals surface area contributed by atoms with Gasteiger partial charge in [-0.15, -0.1) is 0 Å². The molecule has 35 heavy (non-hydrogen) atoms. The van der Waals surface area contributed by atoms with E-state index in [0.717, 1.165) is 33.8 Å². The Morgan fingerprint density at radius 3 is 2.29 bits per heavy atom. The predicted molar refractivity (Wildman–Crippen MR) is 141 cm³/mol. The summed E-state index contributed by atoms with van der Waals surface area (Å²) in [7, 11) is 0. The number of hydrogen-bond acceptors (Lipinski definition) is 5. The minimum atomic E-state index is -0.464. The van der Waals surface area contributed by atoms with Crippen LogP contribution in [0.5, 0.6) is 5.75 Å². The molecule has 4 rings (SSSR count). The third-order valence-corrected chi connectivity index (χ3v) is 6.43. The fraction of sp³-hybridized carbons (Fsp3) is 0.138. The molecular weight excluding hydrogens is 454 g/mol. The summed E-state index contributed by atoms with van der Waals surface area (Å²) in [5.41, 5.74) is 4.51. The number of nitrogens with one attached hydrogen (secondary N) is 1. The zero-order valence-corrected chi connectivity index (χ0v) is 20.4. The number of para-hydroxylation sites is 1. The second kappa shape index (κ2) is 11.4. The molecule has 174 valence electrons. The number of nitriles is 1. The van der Waals surface area contributed by atoms with Gasteiger partial charge in [0.25, 0.3) is 0 Å². The number of pyridine rings is 1. The third-order valence-electron chi connectivity index (χ3n) is 5.34. The average molecular weight is 480 g/mol. The lowest BCUT2D eigenvalue weighted by molar-refractivity contribution is -0.115. The molecule has 1 amide bonds. The lowest BCUT2D eigenvalue weighted by Crippen LogP contribution is -2.22. The minimum absolute atomic E-state index is 0.153. The van der Waals surface area contributed by atoms with Crippen molar-refractivity contribution < 1.29 is 9.53 Å². The van der Waals surface area contributed by atoms with Crippen molar-refractivity contribution in [3.8, 4) is 34.2 Å². The van der Waals surface area contributed by atoms with Gasteiger partial charge in [0.2, 0.25) is 5.91 Å². The van der Waals surface area contributed by atoms with Gasteiger partial charge in [-0.25, -0.2) is 4.98 Å². The molecule has 6 heteroatoms. The van der Waals surface area contributed by atoms with Crippen LogP contribution in [0.25, 0.3) is 22.4 Å². The molecule has 0 radical (unpaired) electrons. The lowest BCUT2D eigenvalue weighted by atomic mass is 9.99. The first kappa shape index (κ1) is 24.1. The average Bonchev–Trinajstić information content (AvgIpc) is 2.90. The molecule has 5 nitrogen and oxygen atoms in total. The third kappa shape index (κ3) is 5.89. The molecule has 0 saturated heterocycles. The second-order valence-corrected chi connectivity index (χ2v) is 9.12. The Labute approximate surface area is 209 Å². The molecule has 0 bridgehead atoms. The van der Waals surface area contributed by atoms with E-state index in [4.69, 9.17) is 9.72 Å². The molecule has 0 unspecified atom stereocenters. The Hall–Kier alpha value is -4.08. The van der Waals surface area contributed by atoms with Crippen LogP contribution in [-0.2, 0) is 4.79 Å². The van der Waals surface area contributed by atoms with Crippen molar-refractivity contribution in [3.05, 3.63) is 96.6 Å². The highest BCUT2D eigenvalue weighted by atomic mass is 32.2. The zero-order chi connectivity index (χ0) is 24.6. The van der Waals surface area contributed by atoms with Crippen molar-refractivity contribution in [3.63, 3.8) is 0 Å². The molecule has 0 spiro atoms. The van der Waals surface area contributed by atoms with Crippen LogP contribution < -0.4 is 10.1 Å². The monoisotopic (exact) mass is 479 g/mol. The zero-order valence-electron chi connectivity index (χ0n) is 19.6. The van der Waals surface area contributed by atoms with Crippen LogP contribution in [0.15, 0.2) is 96.0 Å². The van der Waals surface area contributed by atoms with Gasteiger partial charge in [-0.3, -0.25) is 4.79 Å². The molecule has 1 N–H and O–H groups in total. The Kier molecular flexibility index (Phi) is 7.81. The number of carbonyl (C=O) groups is 1. The summed E-state index contributed by atoms with van der Waals surface area (Å²) >= 11 is 1.28. The van der Waals surface area contributed by atoms with Crippen LogP contribution in [0.4, 0.5) is 5.69 Å². The Morgan fingerprint density at radius 2 is 1.66 bits per heavy atom. The van der Waals surface area contributed by atoms with E-state index >= 15 is 0 Å². The molecule has 1 heterocycles. The molecule has 1 aromatic heterocycles. The van der Waals surface area contributed by atoms with E-state index < -0.39 is 5.25 Å². The highest BCUT2D eigenvalue weighted by Crippen LogP contribution is 2.36. The van der Waals surface area contributed by atoms with Crippen LogP contribution in [0.2, 0.25) is 0 Å². The number of anilines is 1. The van der Waals surface area contributed by atoms with Gasteiger partial charge >= 0.3 is 0 Å². The van der Waals surface area contributed by atoms with Crippen molar-refractivity contribution in [2.75, 3.05) is 11.9 Å². The largest absolute Gasteiger partial charge is 0.494 e. The van der Waals surface area contributed by atoms with E-state index in [9.17, 15) is 10.1 Å². The van der Waals surface area contributed by atoms with E-state index in [-0.39, 0.29) is 5.91 Å². The molecule has 0 aliphatic rings. The number of hydrogen-bond donors (Lipinski definition) is 1. The van der Waals surface area contributed by atoms with Crippen LogP contribution in [0.1, 0.15) is 19.4 Å². The van der Waals surface area contributed by atoms with E-state index in [1.807, 2.05) is 105 Å². The number of carbonyl (C=O) groups excluding carboxylic acids is 1. The number of benzene rings is 3. The fourth-order valence-corrected chi connectivity index (χ4v) is 4.51. The maximum atomic E-state index is 12.9. The summed E-state index contributed by atoms with van der Waals surface area (Å²) in [5.74, 6) is 0.633. The lowest BCUT2D eigenvalue weighted by Gasteiger charge is -2.16. The van der Waals surface area contributed by atoms with Crippen LogP contribution >= 0.6 is 11.8 Å². The van der Waals surface area contributed by atoms with Gasteiger partial charge in [-0.2, -0.15) is 5.26 Å². The summed E-state index contributed by atoms with van der Waals surface area (Å²) in [6.45, 7) is 4.36. The van der Waals surface area contributed by atoms with E-state index in [2.05, 4.69) is 11.4 Å². The summed E-state index contributed by atoms with van der Waals surface area (Å²) in [4.78, 5) is 17.7. The van der Waals surface area contributed by atoms with Gasteiger partial charge in [0.15, 0.2) is 0 Å². The molecular formula is C29H25N3O2S. The number of thioether (sulfide) groups is 1. The first-order chi connectivity index (χ1) is 17.1. The number of nitrogens with zero attached hydrogens (tertiary/aromatic N) is 2. The Morgan fingerprint density at radius 1 is 1.00 bits per heavy atom. The number of amides is 1.